The second kappa shape index (κ2) is 10.1. The second-order valence-electron chi connectivity index (χ2n) is 7.78. The van der Waals surface area contributed by atoms with Crippen LogP contribution in [0.3, 0.4) is 0 Å². The Balaban J connectivity index is 1.81. The van der Waals surface area contributed by atoms with Gasteiger partial charge in [0.15, 0.2) is 7.14 Å². The number of carbonyl (C=O) groups is 2. The molecule has 0 heterocycles. The van der Waals surface area contributed by atoms with Gasteiger partial charge >= 0.3 is 11.9 Å². The number of carbonyl (C=O) groups excluding carboxylic acids is 2. The minimum atomic E-state index is -3.28. The monoisotopic (exact) mass is 472 g/mol. The van der Waals surface area contributed by atoms with E-state index in [-0.39, 0.29) is 24.8 Å². The molecule has 0 spiro atoms. The summed E-state index contributed by atoms with van der Waals surface area (Å²) in [7, 11) is -3.28. The van der Waals surface area contributed by atoms with Crippen LogP contribution in [0.25, 0.3) is 10.8 Å². The largest absolute Gasteiger partial charge is 0.427 e. The van der Waals surface area contributed by atoms with Crippen molar-refractivity contribution in [3.05, 3.63) is 91.0 Å². The van der Waals surface area contributed by atoms with Gasteiger partial charge in [-0.3, -0.25) is 9.59 Å². The third-order valence-corrected chi connectivity index (χ3v) is 8.59. The predicted molar refractivity (Wildman–Crippen MR) is 135 cm³/mol. The van der Waals surface area contributed by atoms with E-state index in [0.29, 0.717) is 27.4 Å². The standard InChI is InChI=1S/C28H25O5P/c1-3-27(29)32-22-10-15-24(16-11-22)34(31,25-17-12-23(13-18-25)33-28(30)4-2)26-14-9-20-7-5-6-8-21(20)19-26/h5-19H,3-4H2,1-2H3. The highest BCUT2D eigenvalue weighted by atomic mass is 31.2. The van der Waals surface area contributed by atoms with Crippen LogP contribution in [-0.2, 0) is 14.2 Å². The van der Waals surface area contributed by atoms with Crippen LogP contribution in [-0.4, -0.2) is 11.9 Å². The Kier molecular flexibility index (Phi) is 6.95. The van der Waals surface area contributed by atoms with E-state index in [0.717, 1.165) is 10.8 Å². The number of rotatable bonds is 7. The summed E-state index contributed by atoms with van der Waals surface area (Å²) in [6, 6.07) is 27.3. The van der Waals surface area contributed by atoms with Crippen LogP contribution in [0.1, 0.15) is 26.7 Å². The Morgan fingerprint density at radius 2 is 1.06 bits per heavy atom. The molecule has 0 saturated carbocycles. The SMILES string of the molecule is CCC(=O)Oc1ccc(P(=O)(c2ccc(OC(=O)CC)cc2)c2ccc3ccccc3c2)cc1. The Hall–Kier alpha value is -3.69. The van der Waals surface area contributed by atoms with Gasteiger partial charge in [-0.2, -0.15) is 0 Å². The number of ether oxygens (including phenoxy) is 2. The number of esters is 2. The highest BCUT2D eigenvalue weighted by molar-refractivity contribution is 7.85. The van der Waals surface area contributed by atoms with Crippen LogP contribution in [0.15, 0.2) is 91.0 Å². The molecule has 0 amide bonds. The van der Waals surface area contributed by atoms with Gasteiger partial charge in [0.25, 0.3) is 0 Å². The molecule has 4 rings (SSSR count). The quantitative estimate of drug-likeness (QED) is 0.212. The summed E-state index contributed by atoms with van der Waals surface area (Å²) in [6.07, 6.45) is 0.540. The Bertz CT molecular complexity index is 1310. The minimum absolute atomic E-state index is 0.270. The summed E-state index contributed by atoms with van der Waals surface area (Å²) in [5.74, 6) is 0.148. The molecule has 0 aromatic heterocycles. The van der Waals surface area contributed by atoms with E-state index in [1.165, 1.54) is 0 Å². The molecule has 4 aromatic carbocycles. The fraction of sp³-hybridized carbons (Fsp3) is 0.143. The summed E-state index contributed by atoms with van der Waals surface area (Å²) in [6.45, 7) is 3.46. The molecule has 0 fully saturated rings. The smallest absolute Gasteiger partial charge is 0.310 e. The zero-order valence-corrected chi connectivity index (χ0v) is 20.0. The molecule has 172 valence electrons. The summed E-state index contributed by atoms with van der Waals surface area (Å²) in [5, 5.41) is 3.95. The van der Waals surface area contributed by atoms with Crippen molar-refractivity contribution in [1.82, 2.24) is 0 Å². The van der Waals surface area contributed by atoms with Crippen LogP contribution in [0.4, 0.5) is 0 Å². The van der Waals surface area contributed by atoms with E-state index in [2.05, 4.69) is 0 Å². The predicted octanol–water partition coefficient (Wildman–Crippen LogP) is 5.11. The lowest BCUT2D eigenvalue weighted by atomic mass is 10.1. The molecule has 0 radical (unpaired) electrons. The highest BCUT2D eigenvalue weighted by Crippen LogP contribution is 2.43. The van der Waals surface area contributed by atoms with Crippen molar-refractivity contribution in [2.45, 2.75) is 26.7 Å². The molecule has 0 saturated heterocycles. The van der Waals surface area contributed by atoms with E-state index in [9.17, 15) is 14.2 Å². The maximum atomic E-state index is 14.8. The van der Waals surface area contributed by atoms with Gasteiger partial charge in [0.05, 0.1) is 0 Å². The lowest BCUT2D eigenvalue weighted by Crippen LogP contribution is -2.25. The van der Waals surface area contributed by atoms with Crippen molar-refractivity contribution in [3.8, 4) is 11.5 Å². The zero-order chi connectivity index (χ0) is 24.1. The van der Waals surface area contributed by atoms with Crippen LogP contribution in [0, 0.1) is 0 Å². The summed E-state index contributed by atoms with van der Waals surface area (Å²) in [5.41, 5.74) is 0. The zero-order valence-electron chi connectivity index (χ0n) is 19.1. The second-order valence-corrected chi connectivity index (χ2v) is 10.6. The van der Waals surface area contributed by atoms with E-state index < -0.39 is 7.14 Å². The van der Waals surface area contributed by atoms with Crippen LogP contribution in [0.5, 0.6) is 11.5 Å². The van der Waals surface area contributed by atoms with E-state index in [4.69, 9.17) is 9.47 Å². The van der Waals surface area contributed by atoms with E-state index in [1.807, 2.05) is 42.5 Å². The van der Waals surface area contributed by atoms with Gasteiger partial charge < -0.3 is 14.0 Å². The van der Waals surface area contributed by atoms with Gasteiger partial charge in [-0.1, -0.05) is 50.2 Å². The molecule has 0 aliphatic carbocycles. The number of hydrogen-bond acceptors (Lipinski definition) is 5. The Morgan fingerprint density at radius 1 is 0.618 bits per heavy atom. The third kappa shape index (κ3) is 4.80. The van der Waals surface area contributed by atoms with E-state index in [1.54, 1.807) is 62.4 Å². The van der Waals surface area contributed by atoms with Crippen molar-refractivity contribution in [2.24, 2.45) is 0 Å². The molecule has 0 bridgehead atoms. The first-order valence-electron chi connectivity index (χ1n) is 11.2. The van der Waals surface area contributed by atoms with Crippen molar-refractivity contribution < 1.29 is 23.6 Å². The van der Waals surface area contributed by atoms with Gasteiger partial charge in [-0.05, 0) is 65.4 Å². The van der Waals surface area contributed by atoms with Gasteiger partial charge in [0.2, 0.25) is 0 Å². The van der Waals surface area contributed by atoms with Crippen LogP contribution in [0.2, 0.25) is 0 Å². The third-order valence-electron chi connectivity index (χ3n) is 5.54. The molecule has 4 aromatic rings. The molecule has 6 heteroatoms. The van der Waals surface area contributed by atoms with Gasteiger partial charge in [0.1, 0.15) is 11.5 Å². The van der Waals surface area contributed by atoms with Crippen molar-refractivity contribution in [1.29, 1.82) is 0 Å². The molecule has 0 unspecified atom stereocenters. The number of fused-ring (bicyclic) bond motifs is 1. The fourth-order valence-corrected chi connectivity index (χ4v) is 6.31. The van der Waals surface area contributed by atoms with Crippen LogP contribution >= 0.6 is 7.14 Å². The van der Waals surface area contributed by atoms with Crippen molar-refractivity contribution >= 4 is 45.8 Å². The Morgan fingerprint density at radius 3 is 1.53 bits per heavy atom. The first kappa shape index (κ1) is 23.5. The first-order valence-corrected chi connectivity index (χ1v) is 12.9. The maximum absolute atomic E-state index is 14.8. The number of benzene rings is 4. The highest BCUT2D eigenvalue weighted by Gasteiger charge is 2.30. The molecule has 34 heavy (non-hydrogen) atoms. The minimum Gasteiger partial charge on any atom is -0.427 e. The molecule has 0 aliphatic rings. The van der Waals surface area contributed by atoms with Crippen molar-refractivity contribution in [2.75, 3.05) is 0 Å². The van der Waals surface area contributed by atoms with Crippen molar-refractivity contribution in [3.63, 3.8) is 0 Å². The molecule has 0 N–H and O–H groups in total. The normalized spacial score (nSPS) is 11.2. The molecule has 0 aliphatic heterocycles. The lowest BCUT2D eigenvalue weighted by molar-refractivity contribution is -0.134. The summed E-state index contributed by atoms with van der Waals surface area (Å²) in [4.78, 5) is 23.3. The molecular weight excluding hydrogens is 447 g/mol. The van der Waals surface area contributed by atoms with Gasteiger partial charge in [-0.15, -0.1) is 0 Å². The first-order chi connectivity index (χ1) is 16.4. The Labute approximate surface area is 198 Å². The fourth-order valence-electron chi connectivity index (χ4n) is 3.68. The van der Waals surface area contributed by atoms with Gasteiger partial charge in [-0.25, -0.2) is 0 Å². The average molecular weight is 472 g/mol. The topological polar surface area (TPSA) is 69.7 Å². The van der Waals surface area contributed by atoms with E-state index >= 15 is 0 Å². The van der Waals surface area contributed by atoms with Crippen LogP contribution < -0.4 is 25.4 Å². The molecular formula is C28H25O5P. The number of hydrogen-bond donors (Lipinski definition) is 0. The summed E-state index contributed by atoms with van der Waals surface area (Å²) < 4.78 is 25.4. The molecule has 5 nitrogen and oxygen atoms in total. The van der Waals surface area contributed by atoms with Gasteiger partial charge in [0, 0.05) is 28.8 Å². The summed E-state index contributed by atoms with van der Waals surface area (Å²) >= 11 is 0. The lowest BCUT2D eigenvalue weighted by Gasteiger charge is -2.21. The maximum Gasteiger partial charge on any atom is 0.310 e. The molecule has 0 atom stereocenters. The average Bonchev–Trinajstić information content (AvgIpc) is 2.88.